The van der Waals surface area contributed by atoms with Crippen LogP contribution in [0.4, 0.5) is 0 Å². The molecular weight excluding hydrogens is 296 g/mol. The number of carbonyl (C=O) groups excluding carboxylic acids is 2. The SMILES string of the molecule is CCc1ccc(C(=O)NNC(=O)c2ccc3c(c2)OCO3)cc1. The first-order valence-electron chi connectivity index (χ1n) is 7.26. The van der Waals surface area contributed by atoms with Gasteiger partial charge in [0.2, 0.25) is 6.79 Å². The van der Waals surface area contributed by atoms with Crippen LogP contribution in [0.2, 0.25) is 0 Å². The number of fused-ring (bicyclic) bond motifs is 1. The lowest BCUT2D eigenvalue weighted by molar-refractivity contribution is 0.0846. The number of amides is 2. The van der Waals surface area contributed by atoms with Gasteiger partial charge in [0, 0.05) is 11.1 Å². The number of hydrogen-bond donors (Lipinski definition) is 2. The van der Waals surface area contributed by atoms with Crippen molar-refractivity contribution in [1.82, 2.24) is 10.9 Å². The second-order valence-electron chi connectivity index (χ2n) is 5.03. The molecule has 118 valence electrons. The Morgan fingerprint density at radius 2 is 1.52 bits per heavy atom. The quantitative estimate of drug-likeness (QED) is 0.851. The van der Waals surface area contributed by atoms with Crippen molar-refractivity contribution in [3.63, 3.8) is 0 Å². The van der Waals surface area contributed by atoms with Gasteiger partial charge in [-0.2, -0.15) is 0 Å². The van der Waals surface area contributed by atoms with E-state index in [-0.39, 0.29) is 12.7 Å². The number of aryl methyl sites for hydroxylation is 1. The molecule has 0 radical (unpaired) electrons. The number of benzene rings is 2. The first-order chi connectivity index (χ1) is 11.2. The highest BCUT2D eigenvalue weighted by Crippen LogP contribution is 2.32. The fraction of sp³-hybridized carbons (Fsp3) is 0.176. The smallest absolute Gasteiger partial charge is 0.269 e. The van der Waals surface area contributed by atoms with Gasteiger partial charge in [-0.25, -0.2) is 0 Å². The zero-order valence-corrected chi connectivity index (χ0v) is 12.6. The summed E-state index contributed by atoms with van der Waals surface area (Å²) in [5.41, 5.74) is 6.77. The molecule has 2 aromatic carbocycles. The largest absolute Gasteiger partial charge is 0.454 e. The molecule has 3 rings (SSSR count). The fourth-order valence-corrected chi connectivity index (χ4v) is 2.19. The minimum Gasteiger partial charge on any atom is -0.454 e. The van der Waals surface area contributed by atoms with Crippen molar-refractivity contribution in [1.29, 1.82) is 0 Å². The Labute approximate surface area is 133 Å². The van der Waals surface area contributed by atoms with Crippen molar-refractivity contribution < 1.29 is 19.1 Å². The highest BCUT2D eigenvalue weighted by molar-refractivity contribution is 5.99. The standard InChI is InChI=1S/C17H16N2O4/c1-2-11-3-5-12(6-4-11)16(20)18-19-17(21)13-7-8-14-15(9-13)23-10-22-14/h3-9H,2,10H2,1H3,(H,18,20)(H,19,21). The minimum absolute atomic E-state index is 0.144. The van der Waals surface area contributed by atoms with E-state index in [1.54, 1.807) is 30.3 Å². The number of hydrogen-bond acceptors (Lipinski definition) is 4. The van der Waals surface area contributed by atoms with E-state index < -0.39 is 5.91 Å². The second kappa shape index (κ2) is 6.39. The van der Waals surface area contributed by atoms with Gasteiger partial charge in [-0.15, -0.1) is 0 Å². The highest BCUT2D eigenvalue weighted by atomic mass is 16.7. The van der Waals surface area contributed by atoms with Crippen LogP contribution >= 0.6 is 0 Å². The Bertz CT molecular complexity index is 741. The van der Waals surface area contributed by atoms with Gasteiger partial charge in [0.15, 0.2) is 11.5 Å². The number of hydrazine groups is 1. The van der Waals surface area contributed by atoms with E-state index in [2.05, 4.69) is 10.9 Å². The number of ether oxygens (including phenoxy) is 2. The lowest BCUT2D eigenvalue weighted by atomic mass is 10.1. The summed E-state index contributed by atoms with van der Waals surface area (Å²) in [5, 5.41) is 0. The molecule has 0 bridgehead atoms. The Morgan fingerprint density at radius 1 is 0.913 bits per heavy atom. The number of nitrogens with one attached hydrogen (secondary N) is 2. The highest BCUT2D eigenvalue weighted by Gasteiger charge is 2.16. The van der Waals surface area contributed by atoms with Crippen molar-refractivity contribution in [2.45, 2.75) is 13.3 Å². The van der Waals surface area contributed by atoms with Gasteiger partial charge >= 0.3 is 0 Å². The molecule has 2 N–H and O–H groups in total. The average molecular weight is 312 g/mol. The monoisotopic (exact) mass is 312 g/mol. The molecule has 0 saturated heterocycles. The van der Waals surface area contributed by atoms with Crippen molar-refractivity contribution in [3.8, 4) is 11.5 Å². The summed E-state index contributed by atoms with van der Waals surface area (Å²) in [6.45, 7) is 2.19. The van der Waals surface area contributed by atoms with Gasteiger partial charge < -0.3 is 9.47 Å². The molecule has 0 fully saturated rings. The summed E-state index contributed by atoms with van der Waals surface area (Å²) in [6, 6.07) is 12.0. The molecule has 2 amide bonds. The Morgan fingerprint density at radius 3 is 2.22 bits per heavy atom. The zero-order valence-electron chi connectivity index (χ0n) is 12.6. The number of rotatable bonds is 3. The maximum absolute atomic E-state index is 12.1. The van der Waals surface area contributed by atoms with Crippen LogP contribution < -0.4 is 20.3 Å². The van der Waals surface area contributed by atoms with Gasteiger partial charge in [0.25, 0.3) is 11.8 Å². The fourth-order valence-electron chi connectivity index (χ4n) is 2.19. The Kier molecular flexibility index (Phi) is 4.14. The molecular formula is C17H16N2O4. The predicted molar refractivity (Wildman–Crippen MR) is 83.3 cm³/mol. The first kappa shape index (κ1) is 14.9. The summed E-state index contributed by atoms with van der Waals surface area (Å²) in [7, 11) is 0. The van der Waals surface area contributed by atoms with Gasteiger partial charge in [-0.1, -0.05) is 19.1 Å². The third-order valence-corrected chi connectivity index (χ3v) is 3.55. The third kappa shape index (κ3) is 3.26. The molecule has 0 spiro atoms. The molecule has 23 heavy (non-hydrogen) atoms. The lowest BCUT2D eigenvalue weighted by Crippen LogP contribution is -2.41. The van der Waals surface area contributed by atoms with Crippen LogP contribution in [0, 0.1) is 0 Å². The molecule has 1 aliphatic rings. The van der Waals surface area contributed by atoms with E-state index in [1.165, 1.54) is 0 Å². The van der Waals surface area contributed by atoms with Crippen molar-refractivity contribution in [2.75, 3.05) is 6.79 Å². The van der Waals surface area contributed by atoms with Crippen LogP contribution in [0.1, 0.15) is 33.2 Å². The Hall–Kier alpha value is -3.02. The normalized spacial score (nSPS) is 11.9. The van der Waals surface area contributed by atoms with Gasteiger partial charge in [-0.3, -0.25) is 20.4 Å². The predicted octanol–water partition coefficient (Wildman–Crippen LogP) is 2.05. The van der Waals surface area contributed by atoms with Crippen LogP contribution in [0.25, 0.3) is 0 Å². The molecule has 1 heterocycles. The lowest BCUT2D eigenvalue weighted by Gasteiger charge is -2.08. The third-order valence-electron chi connectivity index (χ3n) is 3.55. The summed E-state index contributed by atoms with van der Waals surface area (Å²) in [4.78, 5) is 24.1. The number of carbonyl (C=O) groups is 2. The molecule has 0 aliphatic carbocycles. The van der Waals surface area contributed by atoms with E-state index in [0.717, 1.165) is 12.0 Å². The topological polar surface area (TPSA) is 76.7 Å². The Balaban J connectivity index is 1.60. The first-order valence-corrected chi connectivity index (χ1v) is 7.26. The molecule has 0 unspecified atom stereocenters. The summed E-state index contributed by atoms with van der Waals surface area (Å²) < 4.78 is 10.4. The molecule has 2 aromatic rings. The summed E-state index contributed by atoms with van der Waals surface area (Å²) >= 11 is 0. The van der Waals surface area contributed by atoms with Crippen molar-refractivity contribution in [3.05, 3.63) is 59.2 Å². The van der Waals surface area contributed by atoms with E-state index >= 15 is 0 Å². The van der Waals surface area contributed by atoms with Crippen LogP contribution in [-0.4, -0.2) is 18.6 Å². The van der Waals surface area contributed by atoms with Gasteiger partial charge in [0.1, 0.15) is 0 Å². The molecule has 0 atom stereocenters. The van der Waals surface area contributed by atoms with E-state index in [0.29, 0.717) is 22.6 Å². The van der Waals surface area contributed by atoms with Crippen molar-refractivity contribution >= 4 is 11.8 Å². The van der Waals surface area contributed by atoms with Gasteiger partial charge in [-0.05, 0) is 42.3 Å². The maximum Gasteiger partial charge on any atom is 0.269 e. The van der Waals surface area contributed by atoms with Crippen LogP contribution in [0.15, 0.2) is 42.5 Å². The van der Waals surface area contributed by atoms with Crippen LogP contribution in [-0.2, 0) is 6.42 Å². The molecule has 6 nitrogen and oxygen atoms in total. The van der Waals surface area contributed by atoms with Crippen LogP contribution in [0.5, 0.6) is 11.5 Å². The minimum atomic E-state index is -0.429. The van der Waals surface area contributed by atoms with Crippen LogP contribution in [0.3, 0.4) is 0 Å². The van der Waals surface area contributed by atoms with E-state index in [4.69, 9.17) is 9.47 Å². The molecule has 1 aliphatic heterocycles. The van der Waals surface area contributed by atoms with E-state index in [9.17, 15) is 9.59 Å². The molecule has 6 heteroatoms. The maximum atomic E-state index is 12.1. The van der Waals surface area contributed by atoms with Crippen molar-refractivity contribution in [2.24, 2.45) is 0 Å². The molecule has 0 aromatic heterocycles. The molecule has 0 saturated carbocycles. The zero-order chi connectivity index (χ0) is 16.2. The van der Waals surface area contributed by atoms with E-state index in [1.807, 2.05) is 19.1 Å². The summed E-state index contributed by atoms with van der Waals surface area (Å²) in [5.74, 6) is 0.310. The van der Waals surface area contributed by atoms with Gasteiger partial charge in [0.05, 0.1) is 0 Å². The summed E-state index contributed by atoms with van der Waals surface area (Å²) in [6.07, 6.45) is 0.906. The second-order valence-corrected chi connectivity index (χ2v) is 5.03. The average Bonchev–Trinajstić information content (AvgIpc) is 3.07.